The lowest BCUT2D eigenvalue weighted by atomic mass is 10.0. The van der Waals surface area contributed by atoms with Gasteiger partial charge in [0.2, 0.25) is 0 Å². The molecule has 0 bridgehead atoms. The van der Waals surface area contributed by atoms with Gasteiger partial charge >= 0.3 is 0 Å². The molecular weight excluding hydrogens is 413 g/mol. The minimum absolute atomic E-state index is 0.0486. The van der Waals surface area contributed by atoms with E-state index in [1.165, 1.54) is 24.3 Å². The minimum atomic E-state index is -0.412. The topological polar surface area (TPSA) is 79.9 Å². The lowest BCUT2D eigenvalue weighted by molar-refractivity contribution is 0.0281. The number of amides is 2. The van der Waals surface area contributed by atoms with Crippen molar-refractivity contribution in [1.29, 1.82) is 0 Å². The number of carbonyl (C=O) groups excluding carboxylic acids is 2. The van der Waals surface area contributed by atoms with Crippen molar-refractivity contribution in [2.45, 2.75) is 26.0 Å². The highest BCUT2D eigenvalue weighted by Gasteiger charge is 2.25. The molecule has 3 rings (SSSR count). The van der Waals surface area contributed by atoms with Crippen LogP contribution in [0.3, 0.4) is 0 Å². The fraction of sp³-hybridized carbons (Fsp3) is 0.417. The van der Waals surface area contributed by atoms with E-state index in [4.69, 9.17) is 9.47 Å². The van der Waals surface area contributed by atoms with Crippen molar-refractivity contribution in [3.63, 3.8) is 0 Å². The number of likely N-dealkylation sites (N-methyl/N-ethyl adjacent to an activating group) is 1. The highest BCUT2D eigenvalue weighted by atomic mass is 19.1. The average molecular weight is 444 g/mol. The summed E-state index contributed by atoms with van der Waals surface area (Å²) in [5.41, 5.74) is 1.21. The smallest absolute Gasteiger partial charge is 0.257 e. The summed E-state index contributed by atoms with van der Waals surface area (Å²) in [4.78, 5) is 27.3. The molecule has 1 aliphatic rings. The fourth-order valence-corrected chi connectivity index (χ4v) is 3.54. The second-order valence-corrected chi connectivity index (χ2v) is 8.23. The number of benzene rings is 2. The van der Waals surface area contributed by atoms with Gasteiger partial charge in [-0.05, 0) is 49.2 Å². The summed E-state index contributed by atoms with van der Waals surface area (Å²) in [7, 11) is 3.39. The van der Waals surface area contributed by atoms with Gasteiger partial charge in [-0.2, -0.15) is 0 Å². The van der Waals surface area contributed by atoms with Crippen LogP contribution < -0.4 is 15.4 Å². The van der Waals surface area contributed by atoms with Crippen LogP contribution in [0.4, 0.5) is 10.1 Å². The second kappa shape index (κ2) is 10.6. The van der Waals surface area contributed by atoms with Crippen molar-refractivity contribution < 1.29 is 23.5 Å². The minimum Gasteiger partial charge on any atom is -0.491 e. The Hall–Kier alpha value is -2.97. The van der Waals surface area contributed by atoms with Crippen LogP contribution in [0.5, 0.6) is 5.75 Å². The molecule has 0 fully saturated rings. The van der Waals surface area contributed by atoms with Gasteiger partial charge in [0.15, 0.2) is 0 Å². The Morgan fingerprint density at radius 1 is 1.22 bits per heavy atom. The fourth-order valence-electron chi connectivity index (χ4n) is 3.54. The molecule has 1 heterocycles. The number of methoxy groups -OCH3 is 1. The summed E-state index contributed by atoms with van der Waals surface area (Å²) in [6, 6.07) is 10.3. The van der Waals surface area contributed by atoms with Crippen LogP contribution in [-0.4, -0.2) is 62.7 Å². The van der Waals surface area contributed by atoms with E-state index in [0.717, 1.165) is 6.54 Å². The molecule has 0 aliphatic carbocycles. The largest absolute Gasteiger partial charge is 0.491 e. The number of anilines is 1. The molecule has 32 heavy (non-hydrogen) atoms. The standard InChI is InChI=1S/C24H30FN3O4/c1-15-12-26-16(2)14-32-21-11-19(27-23(29)17-5-7-18(25)8-6-17)9-10-20(21)24(30)28(3)13-22(15)31-4/h5-11,15-16,22,26H,12-14H2,1-4H3,(H,27,29)/t15-,16-,22+/m1/s1. The van der Waals surface area contributed by atoms with Crippen molar-refractivity contribution in [2.24, 2.45) is 5.92 Å². The number of carbonyl (C=O) groups is 2. The summed E-state index contributed by atoms with van der Waals surface area (Å²) in [6.07, 6.45) is -0.110. The number of ether oxygens (including phenoxy) is 2. The maximum absolute atomic E-state index is 13.1. The van der Waals surface area contributed by atoms with Crippen molar-refractivity contribution in [1.82, 2.24) is 10.2 Å². The zero-order valence-corrected chi connectivity index (χ0v) is 18.9. The molecule has 7 nitrogen and oxygen atoms in total. The highest BCUT2D eigenvalue weighted by Crippen LogP contribution is 2.26. The number of hydrogen-bond acceptors (Lipinski definition) is 5. The molecule has 0 spiro atoms. The summed E-state index contributed by atoms with van der Waals surface area (Å²) in [5.74, 6) is -0.388. The van der Waals surface area contributed by atoms with Crippen molar-refractivity contribution in [3.8, 4) is 5.75 Å². The van der Waals surface area contributed by atoms with E-state index in [9.17, 15) is 14.0 Å². The Morgan fingerprint density at radius 2 is 1.94 bits per heavy atom. The van der Waals surface area contributed by atoms with E-state index in [1.54, 1.807) is 37.3 Å². The van der Waals surface area contributed by atoms with Crippen LogP contribution >= 0.6 is 0 Å². The van der Waals surface area contributed by atoms with Crippen LogP contribution in [0.1, 0.15) is 34.6 Å². The molecule has 8 heteroatoms. The molecule has 1 aliphatic heterocycles. The third-order valence-corrected chi connectivity index (χ3v) is 5.59. The summed E-state index contributed by atoms with van der Waals surface area (Å²) in [5, 5.41) is 6.21. The van der Waals surface area contributed by atoms with Gasteiger partial charge in [0.05, 0.1) is 11.7 Å². The van der Waals surface area contributed by atoms with Crippen LogP contribution in [0, 0.1) is 11.7 Å². The molecule has 0 aromatic heterocycles. The summed E-state index contributed by atoms with van der Waals surface area (Å²) < 4.78 is 24.7. The second-order valence-electron chi connectivity index (χ2n) is 8.23. The van der Waals surface area contributed by atoms with Crippen LogP contribution in [0.25, 0.3) is 0 Å². The van der Waals surface area contributed by atoms with Crippen molar-refractivity contribution in [3.05, 3.63) is 59.4 Å². The monoisotopic (exact) mass is 443 g/mol. The van der Waals surface area contributed by atoms with Gasteiger partial charge in [-0.3, -0.25) is 9.59 Å². The maximum Gasteiger partial charge on any atom is 0.257 e. The molecule has 172 valence electrons. The zero-order valence-electron chi connectivity index (χ0n) is 18.9. The number of nitrogens with one attached hydrogen (secondary N) is 2. The number of halogens is 1. The van der Waals surface area contributed by atoms with Gasteiger partial charge in [0, 0.05) is 50.6 Å². The van der Waals surface area contributed by atoms with E-state index < -0.39 is 5.82 Å². The third kappa shape index (κ3) is 5.83. The van der Waals surface area contributed by atoms with Gasteiger partial charge in [-0.25, -0.2) is 4.39 Å². The van der Waals surface area contributed by atoms with E-state index in [-0.39, 0.29) is 29.9 Å². The number of hydrogen-bond donors (Lipinski definition) is 2. The van der Waals surface area contributed by atoms with Gasteiger partial charge in [0.25, 0.3) is 11.8 Å². The molecule has 0 unspecified atom stereocenters. The molecule has 0 radical (unpaired) electrons. The van der Waals surface area contributed by atoms with Gasteiger partial charge in [-0.15, -0.1) is 0 Å². The predicted molar refractivity (Wildman–Crippen MR) is 121 cm³/mol. The Labute approximate surface area is 187 Å². The number of rotatable bonds is 3. The van der Waals surface area contributed by atoms with Crippen molar-refractivity contribution in [2.75, 3.05) is 39.2 Å². The maximum atomic E-state index is 13.1. The lowest BCUT2D eigenvalue weighted by Gasteiger charge is -2.30. The van der Waals surface area contributed by atoms with Crippen LogP contribution in [0.15, 0.2) is 42.5 Å². The summed E-state index contributed by atoms with van der Waals surface area (Å²) >= 11 is 0. The molecule has 2 N–H and O–H groups in total. The zero-order chi connectivity index (χ0) is 23.3. The first kappa shape index (κ1) is 23.7. The quantitative estimate of drug-likeness (QED) is 0.762. The van der Waals surface area contributed by atoms with Gasteiger partial charge < -0.3 is 25.0 Å². The van der Waals surface area contributed by atoms with E-state index >= 15 is 0 Å². The molecule has 0 saturated carbocycles. The Morgan fingerprint density at radius 3 is 2.62 bits per heavy atom. The van der Waals surface area contributed by atoms with E-state index in [0.29, 0.717) is 35.7 Å². The first-order chi connectivity index (χ1) is 15.3. The van der Waals surface area contributed by atoms with Crippen LogP contribution in [-0.2, 0) is 4.74 Å². The first-order valence-corrected chi connectivity index (χ1v) is 10.6. The summed E-state index contributed by atoms with van der Waals surface area (Å²) in [6.45, 7) is 5.61. The SMILES string of the molecule is CO[C@H]1CN(C)C(=O)c2ccc(NC(=O)c3ccc(F)cc3)cc2OC[C@@H](C)NC[C@H]1C. The Balaban J connectivity index is 1.86. The third-order valence-electron chi connectivity index (χ3n) is 5.59. The molecule has 2 amide bonds. The van der Waals surface area contributed by atoms with Crippen molar-refractivity contribution >= 4 is 17.5 Å². The number of fused-ring (bicyclic) bond motifs is 1. The molecular formula is C24H30FN3O4. The Kier molecular flexibility index (Phi) is 7.82. The molecule has 0 saturated heterocycles. The average Bonchev–Trinajstić information content (AvgIpc) is 2.78. The molecule has 3 atom stereocenters. The highest BCUT2D eigenvalue weighted by molar-refractivity contribution is 6.05. The van der Waals surface area contributed by atoms with Gasteiger partial charge in [-0.1, -0.05) is 6.92 Å². The molecule has 2 aromatic carbocycles. The molecule has 2 aromatic rings. The van der Waals surface area contributed by atoms with E-state index in [2.05, 4.69) is 17.6 Å². The lowest BCUT2D eigenvalue weighted by Crippen LogP contribution is -2.44. The normalized spacial score (nSPS) is 22.2. The number of nitrogens with zero attached hydrogens (tertiary/aromatic N) is 1. The van der Waals surface area contributed by atoms with E-state index in [1.807, 2.05) is 6.92 Å². The first-order valence-electron chi connectivity index (χ1n) is 10.6. The Bertz CT molecular complexity index is 951. The van der Waals surface area contributed by atoms with Crippen LogP contribution in [0.2, 0.25) is 0 Å². The van der Waals surface area contributed by atoms with Gasteiger partial charge in [0.1, 0.15) is 18.2 Å². The predicted octanol–water partition coefficient (Wildman–Crippen LogP) is 3.17.